The minimum atomic E-state index is -0.943. The van der Waals surface area contributed by atoms with E-state index in [-0.39, 0.29) is 6.04 Å². The third kappa shape index (κ3) is 4.28. The molecule has 1 heterocycles. The fourth-order valence-electron chi connectivity index (χ4n) is 5.88. The number of para-hydroxylation sites is 1. The molecule has 1 atom stereocenters. The minimum Gasteiger partial charge on any atom is -0.427 e. The van der Waals surface area contributed by atoms with E-state index in [2.05, 4.69) is 108 Å². The van der Waals surface area contributed by atoms with Gasteiger partial charge in [-0.15, -0.1) is 0 Å². The van der Waals surface area contributed by atoms with Crippen molar-refractivity contribution >= 4 is 35.2 Å². The second-order valence-electron chi connectivity index (χ2n) is 12.1. The molecule has 0 fully saturated rings. The van der Waals surface area contributed by atoms with Crippen molar-refractivity contribution in [2.75, 3.05) is 0 Å². The van der Waals surface area contributed by atoms with Crippen LogP contribution in [0.3, 0.4) is 0 Å². The third-order valence-electron chi connectivity index (χ3n) is 8.95. The minimum absolute atomic E-state index is 0.0395. The molecule has 5 heteroatoms. The quantitative estimate of drug-likeness (QED) is 0.230. The summed E-state index contributed by atoms with van der Waals surface area (Å²) in [5, 5.41) is 16.8. The van der Waals surface area contributed by atoms with Crippen molar-refractivity contribution in [3.8, 4) is 22.3 Å². The highest BCUT2D eigenvalue weighted by Crippen LogP contribution is 2.49. The van der Waals surface area contributed by atoms with Gasteiger partial charge < -0.3 is 15.1 Å². The molecule has 2 N–H and O–H groups in total. The first-order valence-electron chi connectivity index (χ1n) is 14.3. The van der Waals surface area contributed by atoms with Crippen LogP contribution in [0.4, 0.5) is 5.69 Å². The third-order valence-corrected chi connectivity index (χ3v) is 8.95. The molecule has 0 aromatic heterocycles. The standard InChI is InChI=1S/C36H33BN2O2/c1-35(2,40)36(3,4)41-37-23-18-16-22(17-19-23)34-38-31-15-8-7-12-30(31)33(39-34)29-21-20-28-25-11-6-5-10-24(25)26-13-9-14-27(29)32(26)28/h5-21,33,37,40H,1-4H3,(H,38,39). The van der Waals surface area contributed by atoms with Crippen molar-refractivity contribution in [2.24, 2.45) is 4.99 Å². The van der Waals surface area contributed by atoms with Crippen molar-refractivity contribution in [3.05, 3.63) is 120 Å². The zero-order valence-corrected chi connectivity index (χ0v) is 23.9. The van der Waals surface area contributed by atoms with E-state index < -0.39 is 11.2 Å². The summed E-state index contributed by atoms with van der Waals surface area (Å²) in [6, 6.07) is 36.7. The summed E-state index contributed by atoms with van der Waals surface area (Å²) in [5.74, 6) is 0.851. The van der Waals surface area contributed by atoms with Crippen molar-refractivity contribution < 1.29 is 9.76 Å². The number of nitrogens with zero attached hydrogens (tertiary/aromatic N) is 1. The van der Waals surface area contributed by atoms with E-state index in [1.165, 1.54) is 44.2 Å². The van der Waals surface area contributed by atoms with Crippen molar-refractivity contribution in [1.82, 2.24) is 5.32 Å². The first kappa shape index (κ1) is 25.8. The lowest BCUT2D eigenvalue weighted by molar-refractivity contribution is -0.0893. The van der Waals surface area contributed by atoms with Crippen LogP contribution in [0.15, 0.2) is 108 Å². The lowest BCUT2D eigenvalue weighted by atomic mass is 9.82. The summed E-state index contributed by atoms with van der Waals surface area (Å²) in [4.78, 5) is 5.04. The Kier molecular flexibility index (Phi) is 5.93. The molecule has 1 aliphatic heterocycles. The lowest BCUT2D eigenvalue weighted by Gasteiger charge is -2.37. The first-order valence-corrected chi connectivity index (χ1v) is 14.3. The summed E-state index contributed by atoms with van der Waals surface area (Å²) >= 11 is 0. The Hall–Kier alpha value is -4.19. The number of fused-ring (bicyclic) bond motifs is 4. The second kappa shape index (κ2) is 9.44. The molecule has 1 unspecified atom stereocenters. The van der Waals surface area contributed by atoms with Gasteiger partial charge in [0, 0.05) is 11.1 Å². The van der Waals surface area contributed by atoms with Crippen LogP contribution in [0.1, 0.15) is 50.4 Å². The number of aliphatic hydroxyl groups is 1. The number of rotatable bonds is 6. The Balaban J connectivity index is 1.24. The van der Waals surface area contributed by atoms with E-state index in [0.29, 0.717) is 7.48 Å². The fourth-order valence-corrected chi connectivity index (χ4v) is 5.88. The molecule has 4 nitrogen and oxygen atoms in total. The predicted octanol–water partition coefficient (Wildman–Crippen LogP) is 6.80. The van der Waals surface area contributed by atoms with Crippen LogP contribution >= 0.6 is 0 Å². The molecular formula is C36H33BN2O2. The zero-order valence-electron chi connectivity index (χ0n) is 23.9. The zero-order chi connectivity index (χ0) is 28.4. The van der Waals surface area contributed by atoms with Gasteiger partial charge in [0.05, 0.1) is 22.9 Å². The van der Waals surface area contributed by atoms with E-state index in [4.69, 9.17) is 9.65 Å². The Morgan fingerprint density at radius 2 is 1.37 bits per heavy atom. The first-order chi connectivity index (χ1) is 19.7. The number of benzene rings is 5. The van der Waals surface area contributed by atoms with E-state index >= 15 is 0 Å². The van der Waals surface area contributed by atoms with Gasteiger partial charge in [-0.1, -0.05) is 103 Å². The normalized spacial score (nSPS) is 15.6. The topological polar surface area (TPSA) is 53.9 Å². The van der Waals surface area contributed by atoms with Crippen LogP contribution in [-0.4, -0.2) is 29.6 Å². The number of nitrogens with one attached hydrogen (secondary N) is 1. The van der Waals surface area contributed by atoms with Gasteiger partial charge in [-0.2, -0.15) is 0 Å². The molecule has 202 valence electrons. The SMILES string of the molecule is CC(C)(O)C(C)(C)OBc1ccc(C2=Nc3ccccc3C(c3ccc4c5c(cccc35)-c3ccccc3-4)N2)cc1. The van der Waals surface area contributed by atoms with Crippen LogP contribution in [0.25, 0.3) is 33.0 Å². The van der Waals surface area contributed by atoms with Gasteiger partial charge in [-0.25, -0.2) is 4.99 Å². The molecule has 0 saturated heterocycles. The molecule has 41 heavy (non-hydrogen) atoms. The van der Waals surface area contributed by atoms with Crippen LogP contribution in [0.2, 0.25) is 0 Å². The maximum absolute atomic E-state index is 10.4. The summed E-state index contributed by atoms with van der Waals surface area (Å²) in [6.07, 6.45) is 0. The number of hydrogen-bond acceptors (Lipinski definition) is 4. The summed E-state index contributed by atoms with van der Waals surface area (Å²) in [7, 11) is 0.422. The highest BCUT2D eigenvalue weighted by atomic mass is 16.5. The molecule has 5 aromatic carbocycles. The van der Waals surface area contributed by atoms with Crippen LogP contribution in [0, 0.1) is 0 Å². The van der Waals surface area contributed by atoms with Gasteiger partial charge in [-0.3, -0.25) is 0 Å². The molecule has 1 aliphatic carbocycles. The average Bonchev–Trinajstić information content (AvgIpc) is 3.31. The van der Waals surface area contributed by atoms with Crippen molar-refractivity contribution in [2.45, 2.75) is 44.9 Å². The van der Waals surface area contributed by atoms with Gasteiger partial charge in [-0.05, 0) is 72.4 Å². The monoisotopic (exact) mass is 536 g/mol. The molecule has 0 amide bonds. The van der Waals surface area contributed by atoms with Gasteiger partial charge in [0.25, 0.3) is 0 Å². The number of amidine groups is 1. The van der Waals surface area contributed by atoms with Gasteiger partial charge in [0.15, 0.2) is 0 Å². The highest BCUT2D eigenvalue weighted by molar-refractivity contribution is 6.47. The fraction of sp³-hybridized carbons (Fsp3) is 0.194. The molecule has 7 rings (SSSR count). The van der Waals surface area contributed by atoms with Crippen LogP contribution in [0.5, 0.6) is 0 Å². The molecule has 0 bridgehead atoms. The Morgan fingerprint density at radius 1 is 0.707 bits per heavy atom. The maximum Gasteiger partial charge on any atom is 0.309 e. The summed E-state index contributed by atoms with van der Waals surface area (Å²) < 4.78 is 6.08. The summed E-state index contributed by atoms with van der Waals surface area (Å²) in [6.45, 7) is 7.38. The average molecular weight is 536 g/mol. The summed E-state index contributed by atoms with van der Waals surface area (Å²) in [5.41, 5.74) is 9.08. The molecule has 2 aliphatic rings. The molecule has 0 saturated carbocycles. The lowest BCUT2D eigenvalue weighted by Crippen LogP contribution is -2.49. The van der Waals surface area contributed by atoms with E-state index in [0.717, 1.165) is 22.5 Å². The number of hydrogen-bond donors (Lipinski definition) is 2. The van der Waals surface area contributed by atoms with E-state index in [1.807, 2.05) is 13.8 Å². The van der Waals surface area contributed by atoms with E-state index in [9.17, 15) is 5.11 Å². The molecule has 0 radical (unpaired) electrons. The second-order valence-corrected chi connectivity index (χ2v) is 12.1. The molecule has 0 spiro atoms. The largest absolute Gasteiger partial charge is 0.427 e. The Bertz CT molecular complexity index is 1800. The van der Waals surface area contributed by atoms with E-state index in [1.54, 1.807) is 13.8 Å². The number of aliphatic imine (C=N–C) groups is 1. The molecule has 5 aromatic rings. The van der Waals surface area contributed by atoms with Gasteiger partial charge in [0.2, 0.25) is 0 Å². The van der Waals surface area contributed by atoms with Gasteiger partial charge >= 0.3 is 7.48 Å². The van der Waals surface area contributed by atoms with Crippen LogP contribution < -0.4 is 10.8 Å². The van der Waals surface area contributed by atoms with Crippen molar-refractivity contribution in [1.29, 1.82) is 0 Å². The molecular weight excluding hydrogens is 503 g/mol. The highest BCUT2D eigenvalue weighted by Gasteiger charge is 2.35. The van der Waals surface area contributed by atoms with Crippen molar-refractivity contribution in [3.63, 3.8) is 0 Å². The Labute approximate surface area is 242 Å². The maximum atomic E-state index is 10.4. The smallest absolute Gasteiger partial charge is 0.309 e. The Morgan fingerprint density at radius 3 is 2.10 bits per heavy atom. The van der Waals surface area contributed by atoms with Crippen LogP contribution in [-0.2, 0) is 4.65 Å². The van der Waals surface area contributed by atoms with Gasteiger partial charge in [0.1, 0.15) is 5.84 Å². The predicted molar refractivity (Wildman–Crippen MR) is 171 cm³/mol.